The van der Waals surface area contributed by atoms with Gasteiger partial charge in [-0.15, -0.1) is 0 Å². The van der Waals surface area contributed by atoms with Crippen molar-refractivity contribution in [3.05, 3.63) is 88.9 Å². The largest absolute Gasteiger partial charge is 0.497 e. The molecule has 2 saturated heterocycles. The first-order valence-corrected chi connectivity index (χ1v) is 10.7. The molecule has 3 atom stereocenters. The molecule has 2 aliphatic heterocycles. The second kappa shape index (κ2) is 7.97. The molecular weight excluding hydrogens is 428 g/mol. The van der Waals surface area contributed by atoms with Crippen LogP contribution in [-0.4, -0.2) is 25.0 Å². The molecule has 2 heterocycles. The van der Waals surface area contributed by atoms with Gasteiger partial charge in [0, 0.05) is 0 Å². The highest BCUT2D eigenvalue weighted by atomic mass is 35.5. The summed E-state index contributed by atoms with van der Waals surface area (Å²) in [6.45, 7) is 1.97. The van der Waals surface area contributed by atoms with Crippen LogP contribution in [0.1, 0.15) is 17.2 Å². The molecule has 2 amide bonds. The van der Waals surface area contributed by atoms with Gasteiger partial charge in [-0.1, -0.05) is 54.1 Å². The first-order chi connectivity index (χ1) is 15.5. The minimum Gasteiger partial charge on any atom is -0.497 e. The van der Waals surface area contributed by atoms with Gasteiger partial charge in [0.15, 0.2) is 6.10 Å². The Kier molecular flexibility index (Phi) is 5.12. The van der Waals surface area contributed by atoms with Crippen molar-refractivity contribution in [2.24, 2.45) is 5.92 Å². The highest BCUT2D eigenvalue weighted by molar-refractivity contribution is 6.36. The third-order valence-electron chi connectivity index (χ3n) is 6.02. The number of imide groups is 1. The summed E-state index contributed by atoms with van der Waals surface area (Å²) in [6, 6.07) is 21.6. The molecule has 0 aromatic heterocycles. The summed E-state index contributed by atoms with van der Waals surface area (Å²) in [5.74, 6) is -0.752. The number of para-hydroxylation sites is 2. The normalized spacial score (nSPS) is 22.4. The lowest BCUT2D eigenvalue weighted by Gasteiger charge is -2.30. The van der Waals surface area contributed by atoms with Crippen LogP contribution in [-0.2, 0) is 14.4 Å². The molecule has 0 saturated carbocycles. The van der Waals surface area contributed by atoms with E-state index < -0.39 is 24.0 Å². The van der Waals surface area contributed by atoms with E-state index >= 15 is 0 Å². The number of amides is 2. The van der Waals surface area contributed by atoms with E-state index in [0.29, 0.717) is 16.5 Å². The van der Waals surface area contributed by atoms with Crippen molar-refractivity contribution in [3.63, 3.8) is 0 Å². The maximum absolute atomic E-state index is 13.6. The van der Waals surface area contributed by atoms with Crippen LogP contribution < -0.4 is 14.7 Å². The first kappa shape index (κ1) is 20.5. The Balaban J connectivity index is 1.61. The molecule has 32 heavy (non-hydrogen) atoms. The Morgan fingerprint density at radius 1 is 0.875 bits per heavy atom. The number of rotatable bonds is 4. The third kappa shape index (κ3) is 3.15. The molecule has 5 rings (SSSR count). The van der Waals surface area contributed by atoms with E-state index in [1.807, 2.05) is 55.5 Å². The fraction of sp³-hybridized carbons (Fsp3) is 0.200. The van der Waals surface area contributed by atoms with Crippen LogP contribution in [0.15, 0.2) is 72.8 Å². The zero-order chi connectivity index (χ0) is 22.4. The number of hydroxylamine groups is 1. The zero-order valence-electron chi connectivity index (χ0n) is 17.6. The number of methoxy groups -OCH3 is 1. The van der Waals surface area contributed by atoms with Gasteiger partial charge >= 0.3 is 0 Å². The summed E-state index contributed by atoms with van der Waals surface area (Å²) < 4.78 is 5.29. The summed E-state index contributed by atoms with van der Waals surface area (Å²) in [5, 5.41) is 2.04. The zero-order valence-corrected chi connectivity index (χ0v) is 18.3. The third-order valence-corrected chi connectivity index (χ3v) is 6.34. The van der Waals surface area contributed by atoms with Crippen molar-refractivity contribution in [2.75, 3.05) is 17.1 Å². The molecular formula is C25H21ClN2O4. The summed E-state index contributed by atoms with van der Waals surface area (Å²) in [4.78, 5) is 34.4. The average molecular weight is 449 g/mol. The van der Waals surface area contributed by atoms with Crippen molar-refractivity contribution < 1.29 is 19.2 Å². The minimum absolute atomic E-state index is 0.329. The molecule has 7 heteroatoms. The van der Waals surface area contributed by atoms with E-state index in [9.17, 15) is 9.59 Å². The molecule has 3 aromatic rings. The standard InChI is InChI=1S/C25H21ClN2O4/c1-15-7-3-5-9-19(15)28-22(16-11-13-17(31-2)14-12-16)21-23(32-28)25(30)27(24(21)29)20-10-6-4-8-18(20)26/h3-14,21-23H,1-2H3/t21-,22+,23-/m1/s1. The van der Waals surface area contributed by atoms with Gasteiger partial charge in [0.05, 0.1) is 29.5 Å². The number of carbonyl (C=O) groups excluding carboxylic acids is 2. The average Bonchev–Trinajstić information content (AvgIpc) is 3.31. The number of halogens is 1. The Labute approximate surface area is 190 Å². The topological polar surface area (TPSA) is 59.1 Å². The molecule has 0 aliphatic carbocycles. The number of hydrogen-bond donors (Lipinski definition) is 0. The van der Waals surface area contributed by atoms with Crippen molar-refractivity contribution >= 4 is 34.8 Å². The van der Waals surface area contributed by atoms with Gasteiger partial charge in [0.25, 0.3) is 5.91 Å². The van der Waals surface area contributed by atoms with Gasteiger partial charge in [0.1, 0.15) is 11.7 Å². The molecule has 2 fully saturated rings. The molecule has 0 spiro atoms. The molecule has 0 bridgehead atoms. The summed E-state index contributed by atoms with van der Waals surface area (Å²) >= 11 is 6.31. The van der Waals surface area contributed by atoms with Crippen molar-refractivity contribution in [3.8, 4) is 5.75 Å². The summed E-state index contributed by atoms with van der Waals surface area (Å²) in [5.41, 5.74) is 3.02. The van der Waals surface area contributed by atoms with E-state index in [1.165, 1.54) is 0 Å². The van der Waals surface area contributed by atoms with Gasteiger partial charge < -0.3 is 4.74 Å². The minimum atomic E-state index is -0.939. The number of anilines is 2. The molecule has 0 N–H and O–H groups in total. The van der Waals surface area contributed by atoms with Crippen LogP contribution in [0.3, 0.4) is 0 Å². The highest BCUT2D eigenvalue weighted by Gasteiger charge is 2.60. The lowest BCUT2D eigenvalue weighted by Crippen LogP contribution is -2.37. The van der Waals surface area contributed by atoms with Crippen LogP contribution in [0.5, 0.6) is 5.75 Å². The molecule has 162 valence electrons. The number of ether oxygens (including phenoxy) is 1. The van der Waals surface area contributed by atoms with Crippen molar-refractivity contribution in [1.82, 2.24) is 0 Å². The molecule has 3 aromatic carbocycles. The van der Waals surface area contributed by atoms with Crippen LogP contribution in [0.2, 0.25) is 5.02 Å². The maximum atomic E-state index is 13.6. The number of aryl methyl sites for hydroxylation is 1. The number of carbonyl (C=O) groups is 2. The van der Waals surface area contributed by atoms with Crippen molar-refractivity contribution in [1.29, 1.82) is 0 Å². The molecule has 2 aliphatic rings. The van der Waals surface area contributed by atoms with E-state index in [1.54, 1.807) is 36.4 Å². The summed E-state index contributed by atoms with van der Waals surface area (Å²) in [6.07, 6.45) is -0.939. The SMILES string of the molecule is COc1ccc([C@H]2[C@H]3C(=O)N(c4ccccc4Cl)C(=O)[C@@H]3ON2c2ccccc2C)cc1. The van der Waals surface area contributed by atoms with Gasteiger partial charge in [0.2, 0.25) is 5.91 Å². The molecule has 0 radical (unpaired) electrons. The van der Waals surface area contributed by atoms with E-state index in [4.69, 9.17) is 21.2 Å². The van der Waals surface area contributed by atoms with Gasteiger partial charge in [-0.25, -0.2) is 9.96 Å². The molecule has 0 unspecified atom stereocenters. The van der Waals surface area contributed by atoms with E-state index in [2.05, 4.69) is 0 Å². The van der Waals surface area contributed by atoms with Crippen LogP contribution in [0.4, 0.5) is 11.4 Å². The lowest BCUT2D eigenvalue weighted by atomic mass is 9.90. The van der Waals surface area contributed by atoms with Crippen molar-refractivity contribution in [2.45, 2.75) is 19.1 Å². The smallest absolute Gasteiger partial charge is 0.266 e. The van der Waals surface area contributed by atoms with Crippen LogP contribution >= 0.6 is 11.6 Å². The quantitative estimate of drug-likeness (QED) is 0.541. The first-order valence-electron chi connectivity index (χ1n) is 10.3. The summed E-state index contributed by atoms with van der Waals surface area (Å²) in [7, 11) is 1.60. The second-order valence-corrected chi connectivity index (χ2v) is 8.25. The maximum Gasteiger partial charge on any atom is 0.266 e. The number of fused-ring (bicyclic) bond motifs is 1. The van der Waals surface area contributed by atoms with Gasteiger partial charge in [-0.05, 0) is 48.4 Å². The van der Waals surface area contributed by atoms with Gasteiger partial charge in [-0.3, -0.25) is 14.4 Å². The molecule has 6 nitrogen and oxygen atoms in total. The van der Waals surface area contributed by atoms with Gasteiger partial charge in [-0.2, -0.15) is 0 Å². The lowest BCUT2D eigenvalue weighted by molar-refractivity contribution is -0.126. The monoisotopic (exact) mass is 448 g/mol. The number of nitrogens with zero attached hydrogens (tertiary/aromatic N) is 2. The number of hydrogen-bond acceptors (Lipinski definition) is 5. The fourth-order valence-electron chi connectivity index (χ4n) is 4.44. The van der Waals surface area contributed by atoms with E-state index in [0.717, 1.165) is 21.7 Å². The Bertz CT molecular complexity index is 1200. The second-order valence-electron chi connectivity index (χ2n) is 7.85. The van der Waals surface area contributed by atoms with Crippen LogP contribution in [0.25, 0.3) is 0 Å². The Morgan fingerprint density at radius 3 is 2.19 bits per heavy atom. The highest BCUT2D eigenvalue weighted by Crippen LogP contribution is 2.48. The number of benzene rings is 3. The Hall–Kier alpha value is -3.35. The predicted molar refractivity (Wildman–Crippen MR) is 122 cm³/mol. The van der Waals surface area contributed by atoms with Crippen LogP contribution in [0, 0.1) is 12.8 Å². The fourth-order valence-corrected chi connectivity index (χ4v) is 4.66. The Morgan fingerprint density at radius 2 is 1.53 bits per heavy atom. The predicted octanol–water partition coefficient (Wildman–Crippen LogP) is 4.71. The van der Waals surface area contributed by atoms with E-state index in [-0.39, 0.29) is 5.91 Å².